The third kappa shape index (κ3) is 19.9. The second-order valence-corrected chi connectivity index (χ2v) is 18.2. The van der Waals surface area contributed by atoms with Gasteiger partial charge in [0.1, 0.15) is 0 Å². The van der Waals surface area contributed by atoms with Gasteiger partial charge in [0.2, 0.25) is 0 Å². The van der Waals surface area contributed by atoms with Gasteiger partial charge in [-0.3, -0.25) is 0 Å². The maximum absolute atomic E-state index is 2.28. The summed E-state index contributed by atoms with van der Waals surface area (Å²) in [5, 5.41) is 0. The fraction of sp³-hybridized carbons (Fsp3) is 0.153. The van der Waals surface area contributed by atoms with E-state index in [4.69, 9.17) is 0 Å². The third-order valence-electron chi connectivity index (χ3n) is 13.3. The molecule has 0 aromatic heterocycles. The molecule has 0 aliphatic heterocycles. The fourth-order valence-corrected chi connectivity index (χ4v) is 9.62. The van der Waals surface area contributed by atoms with Crippen molar-refractivity contribution in [2.75, 3.05) is 19.6 Å². The van der Waals surface area contributed by atoms with Gasteiger partial charge in [0, 0.05) is 68.2 Å². The van der Waals surface area contributed by atoms with Crippen molar-refractivity contribution < 1.29 is 0 Å². The van der Waals surface area contributed by atoms with Crippen LogP contribution in [0.3, 0.4) is 0 Å². The Bertz CT molecular complexity index is 2970. The highest BCUT2D eigenvalue weighted by Crippen LogP contribution is 2.40. The van der Waals surface area contributed by atoms with Crippen molar-refractivity contribution >= 4 is 68.2 Å². The maximum Gasteiger partial charge on any atom is 0.0462 e. The second-order valence-electron chi connectivity index (χ2n) is 18.2. The van der Waals surface area contributed by atoms with Gasteiger partial charge in [-0.1, -0.05) is 285 Å². The Labute approximate surface area is 537 Å². The van der Waals surface area contributed by atoms with E-state index in [1.807, 2.05) is 83.1 Å². The molecule has 4 nitrogen and oxygen atoms in total. The lowest BCUT2D eigenvalue weighted by atomic mass is 10.0. The Balaban J connectivity index is 0.000000323. The maximum atomic E-state index is 2.28. The Hall–Kier alpha value is -10.2. The lowest BCUT2D eigenvalue weighted by Gasteiger charge is -2.26. The number of hydrogen-bond acceptors (Lipinski definition) is 4. The minimum atomic E-state index is 0. The van der Waals surface area contributed by atoms with Crippen molar-refractivity contribution in [1.29, 1.82) is 0 Å². The highest BCUT2D eigenvalue weighted by molar-refractivity contribution is 5.83. The van der Waals surface area contributed by atoms with Crippen LogP contribution in [0.25, 0.3) is 22.3 Å². The van der Waals surface area contributed by atoms with Gasteiger partial charge in [-0.05, 0) is 168 Å². The molecule has 12 aromatic carbocycles. The topological polar surface area (TPSA) is 13.0 Å². The van der Waals surface area contributed by atoms with E-state index in [-0.39, 0.29) is 7.43 Å². The van der Waals surface area contributed by atoms with Crippen LogP contribution in [-0.4, -0.2) is 0 Å². The van der Waals surface area contributed by atoms with Gasteiger partial charge in [-0.15, -0.1) is 0 Å². The second kappa shape index (κ2) is 41.0. The SMILES string of the molecule is C.CC.CC.CC.CC.CC.CC.c1ccc(N(c2ccccc2)c2ccc(-c3ccc(N(c4ccccc4)c4ccccc4)cc3)cc2)cc1.c1ccc(N(c2ccccc2)c2ccc(-c3ccc(N(c4ccccc4)c4ccccc4)cc3)cc2)cc1. The summed E-state index contributed by atoms with van der Waals surface area (Å²) < 4.78 is 0. The van der Waals surface area contributed by atoms with Crippen molar-refractivity contribution in [3.63, 3.8) is 0 Å². The molecule has 0 amide bonds. The van der Waals surface area contributed by atoms with Crippen molar-refractivity contribution in [1.82, 2.24) is 0 Å². The molecule has 12 rings (SSSR count). The van der Waals surface area contributed by atoms with E-state index >= 15 is 0 Å². The molecule has 0 aliphatic rings. The molecular weight excluding hydrogens is 1080 g/mol. The summed E-state index contributed by atoms with van der Waals surface area (Å²) >= 11 is 0. The molecule has 0 fully saturated rings. The average molecular weight is 1170 g/mol. The standard InChI is InChI=1S/2C36H28N2.6C2H6.CH4/c2*1-5-13-31(14-6-1)37(32-15-7-2-8-16-32)35-25-21-29(22-26-35)30-23-27-36(28-24-30)38(33-17-9-3-10-18-33)34-19-11-4-12-20-34;6*1-2;/h2*1-28H;6*1-2H3;1H4. The minimum Gasteiger partial charge on any atom is -0.311 e. The smallest absolute Gasteiger partial charge is 0.0462 e. The van der Waals surface area contributed by atoms with E-state index in [0.717, 1.165) is 68.2 Å². The molecule has 0 bridgehead atoms. The summed E-state index contributed by atoms with van der Waals surface area (Å²) in [6.45, 7) is 24.0. The van der Waals surface area contributed by atoms with Crippen LogP contribution >= 0.6 is 0 Å². The van der Waals surface area contributed by atoms with Gasteiger partial charge in [0.15, 0.2) is 0 Å². The van der Waals surface area contributed by atoms with Crippen molar-refractivity contribution in [2.45, 2.75) is 90.5 Å². The Morgan fingerprint density at radius 2 is 0.213 bits per heavy atom. The predicted octanol–water partition coefficient (Wildman–Crippen LogP) is 27.4. The van der Waals surface area contributed by atoms with Crippen LogP contribution in [0.5, 0.6) is 0 Å². The molecular formula is C85H96N4. The number of benzene rings is 12. The zero-order valence-electron chi connectivity index (χ0n) is 54.1. The van der Waals surface area contributed by atoms with Crippen LogP contribution in [0.1, 0.15) is 90.5 Å². The molecule has 0 radical (unpaired) electrons. The summed E-state index contributed by atoms with van der Waals surface area (Å²) in [7, 11) is 0. The highest BCUT2D eigenvalue weighted by atomic mass is 15.2. The van der Waals surface area contributed by atoms with Gasteiger partial charge in [-0.25, -0.2) is 0 Å². The molecule has 0 aliphatic carbocycles. The summed E-state index contributed by atoms with van der Waals surface area (Å²) in [5.74, 6) is 0. The van der Waals surface area contributed by atoms with Crippen molar-refractivity contribution in [2.24, 2.45) is 0 Å². The quantitative estimate of drug-likeness (QED) is 0.108. The monoisotopic (exact) mass is 1170 g/mol. The largest absolute Gasteiger partial charge is 0.311 e. The first-order chi connectivity index (χ1) is 43.7. The van der Waals surface area contributed by atoms with Crippen LogP contribution in [0.15, 0.2) is 340 Å². The molecule has 89 heavy (non-hydrogen) atoms. The van der Waals surface area contributed by atoms with Gasteiger partial charge >= 0.3 is 0 Å². The molecule has 0 saturated carbocycles. The first-order valence-electron chi connectivity index (χ1n) is 31.8. The summed E-state index contributed by atoms with van der Waals surface area (Å²) in [6.07, 6.45) is 0. The number of para-hydroxylation sites is 8. The normalized spacial score (nSPS) is 9.48. The van der Waals surface area contributed by atoms with Crippen LogP contribution < -0.4 is 19.6 Å². The molecule has 0 unspecified atom stereocenters. The van der Waals surface area contributed by atoms with Crippen LogP contribution in [0, 0.1) is 0 Å². The first kappa shape index (κ1) is 71.3. The van der Waals surface area contributed by atoms with Gasteiger partial charge in [0.05, 0.1) is 0 Å². The predicted molar refractivity (Wildman–Crippen MR) is 397 cm³/mol. The number of hydrogen-bond donors (Lipinski definition) is 0. The Morgan fingerprint density at radius 3 is 0.315 bits per heavy atom. The minimum absolute atomic E-state index is 0. The van der Waals surface area contributed by atoms with E-state index < -0.39 is 0 Å². The molecule has 4 heteroatoms. The van der Waals surface area contributed by atoms with E-state index in [1.165, 1.54) is 22.3 Å². The lowest BCUT2D eigenvalue weighted by molar-refractivity contribution is 1.28. The Morgan fingerprint density at radius 1 is 0.124 bits per heavy atom. The van der Waals surface area contributed by atoms with Crippen molar-refractivity contribution in [3.8, 4) is 22.3 Å². The van der Waals surface area contributed by atoms with Gasteiger partial charge in [-0.2, -0.15) is 0 Å². The number of rotatable bonds is 14. The molecule has 0 saturated heterocycles. The van der Waals surface area contributed by atoms with Gasteiger partial charge in [0.25, 0.3) is 0 Å². The summed E-state index contributed by atoms with van der Waals surface area (Å²) in [5.41, 5.74) is 18.4. The van der Waals surface area contributed by atoms with Crippen molar-refractivity contribution in [3.05, 3.63) is 340 Å². The average Bonchev–Trinajstić information content (AvgIpc) is 3.42. The lowest BCUT2D eigenvalue weighted by Crippen LogP contribution is -2.09. The van der Waals surface area contributed by atoms with E-state index in [0.29, 0.717) is 0 Å². The van der Waals surface area contributed by atoms with E-state index in [9.17, 15) is 0 Å². The Kier molecular flexibility index (Phi) is 32.9. The zero-order chi connectivity index (χ0) is 63.1. The number of nitrogens with zero attached hydrogens (tertiary/aromatic N) is 4. The highest BCUT2D eigenvalue weighted by Gasteiger charge is 2.17. The molecule has 0 N–H and O–H groups in total. The van der Waals surface area contributed by atoms with Crippen LogP contribution in [0.4, 0.5) is 68.2 Å². The first-order valence-corrected chi connectivity index (χ1v) is 31.8. The molecule has 0 spiro atoms. The van der Waals surface area contributed by atoms with Crippen LogP contribution in [-0.2, 0) is 0 Å². The molecule has 0 heterocycles. The summed E-state index contributed by atoms with van der Waals surface area (Å²) in [4.78, 5) is 9.13. The molecule has 456 valence electrons. The van der Waals surface area contributed by atoms with Gasteiger partial charge < -0.3 is 19.6 Å². The van der Waals surface area contributed by atoms with E-state index in [1.54, 1.807) is 0 Å². The van der Waals surface area contributed by atoms with Crippen LogP contribution in [0.2, 0.25) is 0 Å². The third-order valence-corrected chi connectivity index (χ3v) is 13.3. The number of anilines is 12. The zero-order valence-corrected chi connectivity index (χ0v) is 54.1. The van der Waals surface area contributed by atoms with E-state index in [2.05, 4.69) is 359 Å². The fourth-order valence-electron chi connectivity index (χ4n) is 9.62. The summed E-state index contributed by atoms with van der Waals surface area (Å²) in [6, 6.07) is 119. The molecule has 0 atom stereocenters. The molecule has 12 aromatic rings.